The van der Waals surface area contributed by atoms with Crippen molar-refractivity contribution in [2.75, 3.05) is 11.9 Å². The Bertz CT molecular complexity index is 1120. The second-order valence-corrected chi connectivity index (χ2v) is 6.29. The molecule has 0 radical (unpaired) electrons. The molecule has 0 aliphatic carbocycles. The third kappa shape index (κ3) is 4.35. The molecular formula is C22H20N4O3. The van der Waals surface area contributed by atoms with Gasteiger partial charge in [0.2, 0.25) is 5.91 Å². The smallest absolute Gasteiger partial charge is 0.246 e. The van der Waals surface area contributed by atoms with Crippen molar-refractivity contribution in [3.05, 3.63) is 72.8 Å². The maximum absolute atomic E-state index is 12.6. The lowest BCUT2D eigenvalue weighted by molar-refractivity contribution is -0.116. The van der Waals surface area contributed by atoms with Gasteiger partial charge < -0.3 is 14.8 Å². The topological polar surface area (TPSA) is 78.3 Å². The zero-order valence-corrected chi connectivity index (χ0v) is 15.9. The summed E-state index contributed by atoms with van der Waals surface area (Å²) in [4.78, 5) is 12.6. The quantitative estimate of drug-likeness (QED) is 0.512. The molecule has 0 unspecified atom stereocenters. The fourth-order valence-corrected chi connectivity index (χ4v) is 2.92. The molecule has 0 aliphatic heterocycles. The first-order chi connectivity index (χ1) is 14.2. The number of hydrogen-bond donors (Lipinski definition) is 1. The first kappa shape index (κ1) is 18.5. The number of fused-ring (bicyclic) bond motifs is 1. The maximum Gasteiger partial charge on any atom is 0.246 e. The molecule has 0 saturated heterocycles. The molecule has 1 amide bonds. The van der Waals surface area contributed by atoms with Crippen LogP contribution in [-0.4, -0.2) is 27.5 Å². The second-order valence-electron chi connectivity index (χ2n) is 6.29. The molecule has 0 atom stereocenters. The first-order valence-corrected chi connectivity index (χ1v) is 9.31. The zero-order chi connectivity index (χ0) is 20.1. The normalized spacial score (nSPS) is 10.7. The number of ether oxygens (including phenoxy) is 2. The average Bonchev–Trinajstić information content (AvgIpc) is 3.14. The van der Waals surface area contributed by atoms with Crippen molar-refractivity contribution in [3.63, 3.8) is 0 Å². The summed E-state index contributed by atoms with van der Waals surface area (Å²) in [6, 6.07) is 22.1. The van der Waals surface area contributed by atoms with Crippen molar-refractivity contribution in [2.45, 2.75) is 13.5 Å². The van der Waals surface area contributed by atoms with Crippen molar-refractivity contribution in [2.24, 2.45) is 0 Å². The Hall–Kier alpha value is -3.87. The molecule has 0 aliphatic rings. The van der Waals surface area contributed by atoms with Crippen LogP contribution < -0.4 is 14.8 Å². The number of para-hydroxylation sites is 3. The highest BCUT2D eigenvalue weighted by Crippen LogP contribution is 2.30. The van der Waals surface area contributed by atoms with Crippen LogP contribution in [0.4, 0.5) is 5.69 Å². The predicted molar refractivity (Wildman–Crippen MR) is 110 cm³/mol. The molecule has 1 N–H and O–H groups in total. The first-order valence-electron chi connectivity index (χ1n) is 9.31. The van der Waals surface area contributed by atoms with Gasteiger partial charge in [0.25, 0.3) is 0 Å². The lowest BCUT2D eigenvalue weighted by Crippen LogP contribution is -2.19. The molecule has 1 aromatic heterocycles. The second kappa shape index (κ2) is 8.43. The van der Waals surface area contributed by atoms with Gasteiger partial charge in [-0.05, 0) is 55.5 Å². The van der Waals surface area contributed by atoms with E-state index in [-0.39, 0.29) is 12.5 Å². The minimum absolute atomic E-state index is 0.0535. The van der Waals surface area contributed by atoms with Crippen LogP contribution in [0.5, 0.6) is 17.2 Å². The highest BCUT2D eigenvalue weighted by Gasteiger charge is 2.12. The van der Waals surface area contributed by atoms with Crippen molar-refractivity contribution in [3.8, 4) is 17.2 Å². The molecule has 0 bridgehead atoms. The minimum Gasteiger partial charge on any atom is -0.494 e. The van der Waals surface area contributed by atoms with E-state index in [0.29, 0.717) is 23.8 Å². The molecule has 7 heteroatoms. The van der Waals surface area contributed by atoms with Crippen LogP contribution in [0.2, 0.25) is 0 Å². The molecule has 7 nitrogen and oxygen atoms in total. The van der Waals surface area contributed by atoms with E-state index >= 15 is 0 Å². The van der Waals surface area contributed by atoms with Gasteiger partial charge >= 0.3 is 0 Å². The predicted octanol–water partition coefficient (Wildman–Crippen LogP) is 4.26. The van der Waals surface area contributed by atoms with Gasteiger partial charge in [0.1, 0.15) is 23.6 Å². The summed E-state index contributed by atoms with van der Waals surface area (Å²) < 4.78 is 13.0. The molecule has 4 rings (SSSR count). The number of carbonyl (C=O) groups is 1. The number of anilines is 1. The van der Waals surface area contributed by atoms with Gasteiger partial charge in [0.05, 0.1) is 17.8 Å². The average molecular weight is 388 g/mol. The molecule has 29 heavy (non-hydrogen) atoms. The number of aromatic nitrogens is 3. The van der Waals surface area contributed by atoms with Crippen molar-refractivity contribution in [1.29, 1.82) is 0 Å². The van der Waals surface area contributed by atoms with Crippen molar-refractivity contribution in [1.82, 2.24) is 15.0 Å². The monoisotopic (exact) mass is 388 g/mol. The number of amides is 1. The van der Waals surface area contributed by atoms with E-state index in [1.807, 2.05) is 67.6 Å². The number of benzene rings is 3. The Morgan fingerprint density at radius 1 is 0.966 bits per heavy atom. The fraction of sp³-hybridized carbons (Fsp3) is 0.136. The van der Waals surface area contributed by atoms with Gasteiger partial charge in [0.15, 0.2) is 5.75 Å². The van der Waals surface area contributed by atoms with Crippen molar-refractivity contribution >= 4 is 22.6 Å². The van der Waals surface area contributed by atoms with E-state index in [1.165, 1.54) is 0 Å². The lowest BCUT2D eigenvalue weighted by atomic mass is 10.2. The Morgan fingerprint density at radius 2 is 1.69 bits per heavy atom. The van der Waals surface area contributed by atoms with Crippen molar-refractivity contribution < 1.29 is 14.3 Å². The standard InChI is InChI=1S/C22H20N4O3/c1-2-28-16-11-13-17(14-12-16)29-21-10-6-4-8-19(21)23-22(27)15-26-20-9-5-3-7-18(20)24-25-26/h3-14H,2,15H2,1H3,(H,23,27). The molecule has 0 spiro atoms. The van der Waals surface area contributed by atoms with E-state index in [0.717, 1.165) is 16.8 Å². The summed E-state index contributed by atoms with van der Waals surface area (Å²) in [6.07, 6.45) is 0. The van der Waals surface area contributed by atoms with E-state index < -0.39 is 0 Å². The molecule has 146 valence electrons. The Labute approximate surface area is 167 Å². The Morgan fingerprint density at radius 3 is 2.52 bits per heavy atom. The van der Waals surface area contributed by atoms with Crippen LogP contribution in [0.1, 0.15) is 6.92 Å². The Kier molecular flexibility index (Phi) is 5.38. The summed E-state index contributed by atoms with van der Waals surface area (Å²) >= 11 is 0. The Balaban J connectivity index is 1.47. The molecule has 4 aromatic rings. The molecule has 0 fully saturated rings. The largest absolute Gasteiger partial charge is 0.494 e. The van der Waals surface area contributed by atoms with Crippen LogP contribution in [0.3, 0.4) is 0 Å². The van der Waals surface area contributed by atoms with Crippen LogP contribution in [-0.2, 0) is 11.3 Å². The molecular weight excluding hydrogens is 368 g/mol. The van der Waals surface area contributed by atoms with Gasteiger partial charge in [-0.3, -0.25) is 4.79 Å². The van der Waals surface area contributed by atoms with E-state index in [4.69, 9.17) is 9.47 Å². The van der Waals surface area contributed by atoms with Gasteiger partial charge in [-0.15, -0.1) is 5.10 Å². The molecule has 1 heterocycles. The summed E-state index contributed by atoms with van der Waals surface area (Å²) in [6.45, 7) is 2.60. The van der Waals surface area contributed by atoms with E-state index in [9.17, 15) is 4.79 Å². The van der Waals surface area contributed by atoms with Crippen LogP contribution in [0.15, 0.2) is 72.8 Å². The summed E-state index contributed by atoms with van der Waals surface area (Å²) in [5, 5.41) is 11.0. The highest BCUT2D eigenvalue weighted by molar-refractivity contribution is 5.92. The molecule has 3 aromatic carbocycles. The third-order valence-corrected chi connectivity index (χ3v) is 4.24. The highest BCUT2D eigenvalue weighted by atomic mass is 16.5. The number of nitrogens with zero attached hydrogens (tertiary/aromatic N) is 3. The van der Waals surface area contributed by atoms with Gasteiger partial charge in [-0.2, -0.15) is 0 Å². The number of rotatable bonds is 7. The lowest BCUT2D eigenvalue weighted by Gasteiger charge is -2.13. The van der Waals surface area contributed by atoms with E-state index in [1.54, 1.807) is 16.8 Å². The fourth-order valence-electron chi connectivity index (χ4n) is 2.92. The third-order valence-electron chi connectivity index (χ3n) is 4.24. The summed E-state index contributed by atoms with van der Waals surface area (Å²) in [7, 11) is 0. The molecule has 0 saturated carbocycles. The van der Waals surface area contributed by atoms with E-state index in [2.05, 4.69) is 15.6 Å². The van der Waals surface area contributed by atoms with Gasteiger partial charge in [0, 0.05) is 0 Å². The number of hydrogen-bond acceptors (Lipinski definition) is 5. The SMILES string of the molecule is CCOc1ccc(Oc2ccccc2NC(=O)Cn2nnc3ccccc32)cc1. The summed E-state index contributed by atoms with van der Waals surface area (Å²) in [5.74, 6) is 1.76. The van der Waals surface area contributed by atoms with Crippen LogP contribution >= 0.6 is 0 Å². The number of nitrogens with one attached hydrogen (secondary N) is 1. The zero-order valence-electron chi connectivity index (χ0n) is 15.9. The van der Waals surface area contributed by atoms with Crippen LogP contribution in [0, 0.1) is 0 Å². The van der Waals surface area contributed by atoms with Gasteiger partial charge in [-0.1, -0.05) is 29.5 Å². The summed E-state index contributed by atoms with van der Waals surface area (Å²) in [5.41, 5.74) is 2.14. The number of carbonyl (C=O) groups excluding carboxylic acids is 1. The van der Waals surface area contributed by atoms with Crippen LogP contribution in [0.25, 0.3) is 11.0 Å². The van der Waals surface area contributed by atoms with Gasteiger partial charge in [-0.25, -0.2) is 4.68 Å². The maximum atomic E-state index is 12.6. The minimum atomic E-state index is -0.219.